The molecule has 2 aromatic rings. The summed E-state index contributed by atoms with van der Waals surface area (Å²) >= 11 is 0. The second kappa shape index (κ2) is 7.29. The van der Waals surface area contributed by atoms with Crippen molar-refractivity contribution in [2.24, 2.45) is 0 Å². The largest absolute Gasteiger partial charge is 0.495 e. The van der Waals surface area contributed by atoms with Crippen molar-refractivity contribution in [3.05, 3.63) is 48.4 Å². The number of rotatable bonds is 5. The molecular formula is C18H21N3O4. The van der Waals surface area contributed by atoms with Crippen LogP contribution in [0.15, 0.2) is 47.1 Å². The summed E-state index contributed by atoms with van der Waals surface area (Å²) in [5.74, 6) is 1.19. The minimum absolute atomic E-state index is 0.135. The monoisotopic (exact) mass is 343 g/mol. The van der Waals surface area contributed by atoms with E-state index in [1.165, 1.54) is 4.90 Å². The maximum absolute atomic E-state index is 12.7. The van der Waals surface area contributed by atoms with Crippen LogP contribution in [0.1, 0.15) is 12.2 Å². The molecule has 0 unspecified atom stereocenters. The van der Waals surface area contributed by atoms with E-state index in [1.54, 1.807) is 37.5 Å². The number of nitrogens with zero attached hydrogens (tertiary/aromatic N) is 2. The third-order valence-corrected chi connectivity index (χ3v) is 4.20. The molecule has 0 saturated carbocycles. The van der Waals surface area contributed by atoms with Gasteiger partial charge >= 0.3 is 6.03 Å². The Kier molecular flexibility index (Phi) is 4.92. The van der Waals surface area contributed by atoms with Gasteiger partial charge in [-0.25, -0.2) is 4.79 Å². The van der Waals surface area contributed by atoms with E-state index >= 15 is 0 Å². The third kappa shape index (κ3) is 3.60. The van der Waals surface area contributed by atoms with E-state index in [9.17, 15) is 9.59 Å². The molecule has 1 atom stereocenters. The second-order valence-electron chi connectivity index (χ2n) is 5.89. The Morgan fingerprint density at radius 2 is 2.16 bits per heavy atom. The highest BCUT2D eigenvalue weighted by Crippen LogP contribution is 2.31. The van der Waals surface area contributed by atoms with Gasteiger partial charge in [-0.3, -0.25) is 4.79 Å². The van der Waals surface area contributed by atoms with Gasteiger partial charge in [0.05, 0.1) is 25.6 Å². The van der Waals surface area contributed by atoms with Crippen molar-refractivity contribution in [3.63, 3.8) is 0 Å². The van der Waals surface area contributed by atoms with Gasteiger partial charge in [0.2, 0.25) is 5.91 Å². The van der Waals surface area contributed by atoms with E-state index in [4.69, 9.17) is 9.15 Å². The van der Waals surface area contributed by atoms with Crippen molar-refractivity contribution in [1.82, 2.24) is 10.2 Å². The fraction of sp³-hybridized carbons (Fsp3) is 0.333. The molecule has 1 saturated heterocycles. The van der Waals surface area contributed by atoms with Gasteiger partial charge in [0.15, 0.2) is 0 Å². The Labute approximate surface area is 146 Å². The molecule has 25 heavy (non-hydrogen) atoms. The minimum Gasteiger partial charge on any atom is -0.495 e. The van der Waals surface area contributed by atoms with Crippen molar-refractivity contribution >= 4 is 17.6 Å². The van der Waals surface area contributed by atoms with Crippen LogP contribution >= 0.6 is 0 Å². The normalized spacial score (nSPS) is 16.8. The lowest BCUT2D eigenvalue weighted by molar-refractivity contribution is -0.118. The van der Waals surface area contributed by atoms with Crippen molar-refractivity contribution in [2.75, 3.05) is 25.6 Å². The molecule has 1 aliphatic rings. The smallest absolute Gasteiger partial charge is 0.318 e. The number of hydrogen-bond acceptors (Lipinski definition) is 4. The first kappa shape index (κ1) is 16.9. The molecule has 132 valence electrons. The Hall–Kier alpha value is -2.96. The highest BCUT2D eigenvalue weighted by molar-refractivity contribution is 6.02. The van der Waals surface area contributed by atoms with Crippen molar-refractivity contribution < 1.29 is 18.7 Å². The lowest BCUT2D eigenvalue weighted by atomic mass is 10.2. The van der Waals surface area contributed by atoms with Crippen LogP contribution < -0.4 is 15.0 Å². The molecule has 1 aromatic heterocycles. The molecule has 2 heterocycles. The predicted octanol–water partition coefficient (Wildman–Crippen LogP) is 2.24. The molecular weight excluding hydrogens is 322 g/mol. The second-order valence-corrected chi connectivity index (χ2v) is 5.89. The zero-order chi connectivity index (χ0) is 17.8. The predicted molar refractivity (Wildman–Crippen MR) is 92.5 cm³/mol. The van der Waals surface area contributed by atoms with Crippen LogP contribution in [0.25, 0.3) is 0 Å². The number of anilines is 1. The Bertz CT molecular complexity index is 745. The molecule has 1 fully saturated rings. The van der Waals surface area contributed by atoms with Gasteiger partial charge in [0.25, 0.3) is 0 Å². The van der Waals surface area contributed by atoms with E-state index in [2.05, 4.69) is 5.32 Å². The number of carbonyl (C=O) groups excluding carboxylic acids is 2. The van der Waals surface area contributed by atoms with Crippen molar-refractivity contribution in [3.8, 4) is 5.75 Å². The first-order valence-electron chi connectivity index (χ1n) is 8.08. The van der Waals surface area contributed by atoms with Crippen LogP contribution in [0.4, 0.5) is 10.5 Å². The molecule has 1 aromatic carbocycles. The van der Waals surface area contributed by atoms with Crippen LogP contribution in [-0.2, 0) is 11.3 Å². The summed E-state index contributed by atoms with van der Waals surface area (Å²) in [5, 5.41) is 2.79. The topological polar surface area (TPSA) is 75.0 Å². The first-order chi connectivity index (χ1) is 12.1. The van der Waals surface area contributed by atoms with Gasteiger partial charge in [0.1, 0.15) is 17.6 Å². The summed E-state index contributed by atoms with van der Waals surface area (Å²) < 4.78 is 10.6. The highest BCUT2D eigenvalue weighted by atomic mass is 16.5. The van der Waals surface area contributed by atoms with Crippen molar-refractivity contribution in [2.45, 2.75) is 19.0 Å². The van der Waals surface area contributed by atoms with E-state index in [0.717, 1.165) is 5.69 Å². The number of carbonyl (C=O) groups is 2. The number of ether oxygens (including phenoxy) is 1. The van der Waals surface area contributed by atoms with E-state index in [-0.39, 0.29) is 11.9 Å². The number of urea groups is 1. The first-order valence-corrected chi connectivity index (χ1v) is 8.08. The van der Waals surface area contributed by atoms with Crippen molar-refractivity contribution in [1.29, 1.82) is 0 Å². The van der Waals surface area contributed by atoms with E-state index in [0.29, 0.717) is 31.0 Å². The van der Waals surface area contributed by atoms with Crippen LogP contribution in [0.3, 0.4) is 0 Å². The number of nitrogens with one attached hydrogen (secondary N) is 1. The summed E-state index contributed by atoms with van der Waals surface area (Å²) in [6.07, 6.45) is 2.11. The van der Waals surface area contributed by atoms with Gasteiger partial charge in [-0.15, -0.1) is 0 Å². The highest BCUT2D eigenvalue weighted by Gasteiger charge is 2.35. The summed E-state index contributed by atoms with van der Waals surface area (Å²) in [4.78, 5) is 28.1. The molecule has 7 heteroatoms. The average Bonchev–Trinajstić information content (AvgIpc) is 3.25. The molecule has 3 amide bonds. The summed E-state index contributed by atoms with van der Waals surface area (Å²) in [6.45, 7) is 0.877. The molecule has 0 radical (unpaired) electrons. The number of hydrogen-bond donors (Lipinski definition) is 1. The Balaban J connectivity index is 1.63. The molecule has 1 aliphatic heterocycles. The Morgan fingerprint density at radius 1 is 1.36 bits per heavy atom. The zero-order valence-corrected chi connectivity index (χ0v) is 14.3. The summed E-state index contributed by atoms with van der Waals surface area (Å²) in [7, 11) is 3.23. The maximum atomic E-state index is 12.7. The van der Waals surface area contributed by atoms with Gasteiger partial charge in [0, 0.05) is 13.6 Å². The standard InChI is InChI=1S/C18H21N3O4/c1-20(12-13-6-5-11-25-13)18(23)19-14-9-10-21(17(14)22)15-7-3-4-8-16(15)24-2/h3-8,11,14H,9-10,12H2,1-2H3,(H,19,23)/t14-/m1/s1. The molecule has 0 bridgehead atoms. The molecule has 0 spiro atoms. The average molecular weight is 343 g/mol. The van der Waals surface area contributed by atoms with Crippen LogP contribution in [0.2, 0.25) is 0 Å². The maximum Gasteiger partial charge on any atom is 0.318 e. The minimum atomic E-state index is -0.545. The summed E-state index contributed by atoms with van der Waals surface area (Å²) in [6, 6.07) is 10.1. The number of amides is 3. The van der Waals surface area contributed by atoms with Gasteiger partial charge < -0.3 is 24.3 Å². The molecule has 7 nitrogen and oxygen atoms in total. The number of para-hydroxylation sites is 2. The van der Waals surface area contributed by atoms with Crippen LogP contribution in [0, 0.1) is 0 Å². The van der Waals surface area contributed by atoms with E-state index in [1.807, 2.05) is 24.3 Å². The van der Waals surface area contributed by atoms with Gasteiger partial charge in [-0.05, 0) is 30.7 Å². The quantitative estimate of drug-likeness (QED) is 0.903. The SMILES string of the molecule is COc1ccccc1N1CC[C@@H](NC(=O)N(C)Cc2ccco2)C1=O. The van der Waals surface area contributed by atoms with E-state index < -0.39 is 6.04 Å². The van der Waals surface area contributed by atoms with Crippen LogP contribution in [0.5, 0.6) is 5.75 Å². The fourth-order valence-electron chi connectivity index (χ4n) is 2.87. The molecule has 3 rings (SSSR count). The van der Waals surface area contributed by atoms with Gasteiger partial charge in [-0.1, -0.05) is 12.1 Å². The number of furan rings is 1. The Morgan fingerprint density at radius 3 is 2.88 bits per heavy atom. The lowest BCUT2D eigenvalue weighted by Crippen LogP contribution is -2.46. The summed E-state index contributed by atoms with van der Waals surface area (Å²) in [5.41, 5.74) is 0.718. The molecule has 1 N–H and O–H groups in total. The third-order valence-electron chi connectivity index (χ3n) is 4.20. The number of benzene rings is 1. The fourth-order valence-corrected chi connectivity index (χ4v) is 2.87. The number of methoxy groups -OCH3 is 1. The molecule has 0 aliphatic carbocycles. The van der Waals surface area contributed by atoms with Gasteiger partial charge in [-0.2, -0.15) is 0 Å². The lowest BCUT2D eigenvalue weighted by Gasteiger charge is -2.21. The zero-order valence-electron chi connectivity index (χ0n) is 14.3. The van der Waals surface area contributed by atoms with Crippen LogP contribution in [-0.4, -0.2) is 43.6 Å².